The highest BCUT2D eigenvalue weighted by Crippen LogP contribution is 2.25. The summed E-state index contributed by atoms with van der Waals surface area (Å²) in [6, 6.07) is 8.18. The van der Waals surface area contributed by atoms with Gasteiger partial charge in [-0.15, -0.1) is 0 Å². The molecule has 2 aliphatic rings. The third-order valence-corrected chi connectivity index (χ3v) is 5.22. The van der Waals surface area contributed by atoms with Crippen molar-refractivity contribution < 1.29 is 14.2 Å². The minimum absolute atomic E-state index is 0.136. The summed E-state index contributed by atoms with van der Waals surface area (Å²) in [5, 5.41) is 3.52. The molecule has 2 saturated heterocycles. The zero-order valence-electron chi connectivity index (χ0n) is 16.1. The molecule has 1 N–H and O–H groups in total. The van der Waals surface area contributed by atoms with Crippen molar-refractivity contribution in [1.82, 2.24) is 10.2 Å². The Morgan fingerprint density at radius 1 is 1.31 bits per heavy atom. The maximum Gasteiger partial charge on any atom is 0.193 e. The molecular weight excluding hydrogens is 330 g/mol. The monoisotopic (exact) mass is 361 g/mol. The van der Waals surface area contributed by atoms with Crippen LogP contribution in [0.3, 0.4) is 0 Å². The standard InChI is InChI=1S/C20H31N3O3/c1-15(16-7-4-5-8-17(16)24-3)13-22-20(21-2)23-10-12-26-19(14-23)18-9-6-11-25-18/h4-5,7-8,15,18-19H,6,9-14H2,1-3H3,(H,21,22). The summed E-state index contributed by atoms with van der Waals surface area (Å²) in [5.74, 6) is 2.18. The van der Waals surface area contributed by atoms with Crippen LogP contribution in [0.25, 0.3) is 0 Å². The van der Waals surface area contributed by atoms with Crippen LogP contribution < -0.4 is 10.1 Å². The van der Waals surface area contributed by atoms with Crippen molar-refractivity contribution in [2.75, 3.05) is 47.0 Å². The van der Waals surface area contributed by atoms with Gasteiger partial charge in [-0.3, -0.25) is 4.99 Å². The fourth-order valence-corrected chi connectivity index (χ4v) is 3.75. The van der Waals surface area contributed by atoms with E-state index >= 15 is 0 Å². The van der Waals surface area contributed by atoms with Crippen LogP contribution in [0.15, 0.2) is 29.3 Å². The molecule has 144 valence electrons. The Hall–Kier alpha value is -1.79. The molecule has 3 rings (SSSR count). The molecule has 2 aliphatic heterocycles. The zero-order chi connectivity index (χ0) is 18.4. The van der Waals surface area contributed by atoms with E-state index in [1.165, 1.54) is 5.56 Å². The molecule has 2 fully saturated rings. The molecule has 3 atom stereocenters. The van der Waals surface area contributed by atoms with Crippen molar-refractivity contribution >= 4 is 5.96 Å². The number of para-hydroxylation sites is 1. The van der Waals surface area contributed by atoms with E-state index in [-0.39, 0.29) is 12.2 Å². The van der Waals surface area contributed by atoms with Gasteiger partial charge in [-0.1, -0.05) is 25.1 Å². The fraction of sp³-hybridized carbons (Fsp3) is 0.650. The van der Waals surface area contributed by atoms with Gasteiger partial charge in [0.2, 0.25) is 0 Å². The van der Waals surface area contributed by atoms with E-state index in [4.69, 9.17) is 14.2 Å². The Kier molecular flexibility index (Phi) is 6.74. The van der Waals surface area contributed by atoms with Gasteiger partial charge in [0, 0.05) is 39.2 Å². The predicted octanol–water partition coefficient (Wildman–Crippen LogP) is 2.25. The summed E-state index contributed by atoms with van der Waals surface area (Å²) >= 11 is 0. The van der Waals surface area contributed by atoms with Crippen molar-refractivity contribution in [3.8, 4) is 5.75 Å². The first-order valence-electron chi connectivity index (χ1n) is 9.54. The van der Waals surface area contributed by atoms with E-state index in [1.807, 2.05) is 19.2 Å². The van der Waals surface area contributed by atoms with Gasteiger partial charge in [-0.2, -0.15) is 0 Å². The number of morpholine rings is 1. The molecule has 0 radical (unpaired) electrons. The smallest absolute Gasteiger partial charge is 0.193 e. The van der Waals surface area contributed by atoms with E-state index in [2.05, 4.69) is 34.3 Å². The molecule has 3 unspecified atom stereocenters. The normalized spacial score (nSPS) is 25.2. The third kappa shape index (κ3) is 4.48. The van der Waals surface area contributed by atoms with Crippen molar-refractivity contribution in [3.05, 3.63) is 29.8 Å². The molecular formula is C20H31N3O3. The van der Waals surface area contributed by atoms with Crippen LogP contribution in [0.2, 0.25) is 0 Å². The molecule has 26 heavy (non-hydrogen) atoms. The van der Waals surface area contributed by atoms with Gasteiger partial charge in [0.1, 0.15) is 11.9 Å². The molecule has 2 heterocycles. The first-order valence-corrected chi connectivity index (χ1v) is 9.54. The molecule has 0 aromatic heterocycles. The fourth-order valence-electron chi connectivity index (χ4n) is 3.75. The molecule has 1 aromatic carbocycles. The highest BCUT2D eigenvalue weighted by molar-refractivity contribution is 5.80. The van der Waals surface area contributed by atoms with Crippen molar-refractivity contribution in [2.24, 2.45) is 4.99 Å². The van der Waals surface area contributed by atoms with Crippen molar-refractivity contribution in [1.29, 1.82) is 0 Å². The summed E-state index contributed by atoms with van der Waals surface area (Å²) in [5.41, 5.74) is 1.21. The Labute approximate surface area is 156 Å². The van der Waals surface area contributed by atoms with Gasteiger partial charge in [0.25, 0.3) is 0 Å². The average Bonchev–Trinajstić information content (AvgIpc) is 3.23. The predicted molar refractivity (Wildman–Crippen MR) is 103 cm³/mol. The van der Waals surface area contributed by atoms with Gasteiger partial charge in [-0.25, -0.2) is 0 Å². The highest BCUT2D eigenvalue weighted by atomic mass is 16.5. The summed E-state index contributed by atoms with van der Waals surface area (Å²) in [6.45, 7) is 6.25. The molecule has 6 heteroatoms. The van der Waals surface area contributed by atoms with E-state index in [1.54, 1.807) is 7.11 Å². The molecule has 0 aliphatic carbocycles. The third-order valence-electron chi connectivity index (χ3n) is 5.22. The molecule has 0 spiro atoms. The Balaban J connectivity index is 1.57. The second-order valence-electron chi connectivity index (χ2n) is 6.98. The quantitative estimate of drug-likeness (QED) is 0.644. The Morgan fingerprint density at radius 3 is 2.85 bits per heavy atom. The number of guanidine groups is 1. The average molecular weight is 361 g/mol. The molecule has 0 bridgehead atoms. The number of ether oxygens (including phenoxy) is 3. The van der Waals surface area contributed by atoms with Gasteiger partial charge < -0.3 is 24.4 Å². The van der Waals surface area contributed by atoms with E-state index < -0.39 is 0 Å². The lowest BCUT2D eigenvalue weighted by molar-refractivity contribution is -0.0817. The van der Waals surface area contributed by atoms with E-state index in [0.717, 1.165) is 50.8 Å². The number of rotatable bonds is 5. The number of methoxy groups -OCH3 is 1. The van der Waals surface area contributed by atoms with Crippen LogP contribution in [-0.2, 0) is 9.47 Å². The summed E-state index contributed by atoms with van der Waals surface area (Å²) < 4.78 is 17.2. The van der Waals surface area contributed by atoms with Gasteiger partial charge in [0.15, 0.2) is 5.96 Å². The number of benzene rings is 1. The van der Waals surface area contributed by atoms with Crippen LogP contribution in [-0.4, -0.2) is 70.1 Å². The lowest BCUT2D eigenvalue weighted by atomic mass is 10.00. The van der Waals surface area contributed by atoms with Gasteiger partial charge in [-0.05, 0) is 24.5 Å². The van der Waals surface area contributed by atoms with Crippen LogP contribution in [0.4, 0.5) is 0 Å². The van der Waals surface area contributed by atoms with Crippen LogP contribution >= 0.6 is 0 Å². The first-order chi connectivity index (χ1) is 12.7. The van der Waals surface area contributed by atoms with Crippen LogP contribution in [0, 0.1) is 0 Å². The maximum atomic E-state index is 5.95. The van der Waals surface area contributed by atoms with Crippen molar-refractivity contribution in [3.63, 3.8) is 0 Å². The number of aliphatic imine (C=N–C) groups is 1. The lowest BCUT2D eigenvalue weighted by Crippen LogP contribution is -2.53. The number of hydrogen-bond acceptors (Lipinski definition) is 4. The molecule has 0 saturated carbocycles. The summed E-state index contributed by atoms with van der Waals surface area (Å²) in [6.07, 6.45) is 2.59. The molecule has 0 amide bonds. The van der Waals surface area contributed by atoms with E-state index in [0.29, 0.717) is 12.5 Å². The topological polar surface area (TPSA) is 55.3 Å². The Bertz CT molecular complexity index is 602. The van der Waals surface area contributed by atoms with Gasteiger partial charge in [0.05, 0.1) is 19.8 Å². The zero-order valence-corrected chi connectivity index (χ0v) is 16.1. The Morgan fingerprint density at radius 2 is 2.12 bits per heavy atom. The largest absolute Gasteiger partial charge is 0.496 e. The first kappa shape index (κ1) is 19.0. The van der Waals surface area contributed by atoms with Gasteiger partial charge >= 0.3 is 0 Å². The van der Waals surface area contributed by atoms with E-state index in [9.17, 15) is 0 Å². The number of hydrogen-bond donors (Lipinski definition) is 1. The second kappa shape index (κ2) is 9.24. The summed E-state index contributed by atoms with van der Waals surface area (Å²) in [4.78, 5) is 6.77. The van der Waals surface area contributed by atoms with Crippen LogP contribution in [0.1, 0.15) is 31.2 Å². The minimum Gasteiger partial charge on any atom is -0.496 e. The maximum absolute atomic E-state index is 5.95. The minimum atomic E-state index is 0.136. The second-order valence-corrected chi connectivity index (χ2v) is 6.98. The number of nitrogens with zero attached hydrogens (tertiary/aromatic N) is 2. The highest BCUT2D eigenvalue weighted by Gasteiger charge is 2.32. The lowest BCUT2D eigenvalue weighted by Gasteiger charge is -2.37. The van der Waals surface area contributed by atoms with Crippen molar-refractivity contribution in [2.45, 2.75) is 37.9 Å². The molecule has 1 aromatic rings. The SMILES string of the molecule is CN=C(NCC(C)c1ccccc1OC)N1CCOC(C2CCCO2)C1. The van der Waals surface area contributed by atoms with Crippen LogP contribution in [0.5, 0.6) is 5.75 Å². The number of nitrogens with one attached hydrogen (secondary N) is 1. The molecule has 6 nitrogen and oxygen atoms in total. The summed E-state index contributed by atoms with van der Waals surface area (Å²) in [7, 11) is 3.56.